The molecule has 0 unspecified atom stereocenters. The maximum absolute atomic E-state index is 13.0. The highest BCUT2D eigenvalue weighted by atomic mass is 32.2. The first-order valence-corrected chi connectivity index (χ1v) is 16.1. The molecule has 2 N–H and O–H groups in total. The van der Waals surface area contributed by atoms with Crippen molar-refractivity contribution in [3.63, 3.8) is 0 Å². The molecule has 2 heterocycles. The average Bonchev–Trinajstić information content (AvgIpc) is 3.03. The minimum Gasteiger partial charge on any atom is -0.379 e. The fraction of sp³-hybridized carbons (Fsp3) is 0.286. The van der Waals surface area contributed by atoms with Crippen LogP contribution in [0.5, 0.6) is 0 Å². The number of nitrogens with one attached hydrogen (secondary N) is 2. The second-order valence-electron chi connectivity index (χ2n) is 9.54. The minimum absolute atomic E-state index is 0.0809. The van der Waals surface area contributed by atoms with Crippen LogP contribution in [0.15, 0.2) is 82.6 Å². The number of carbonyl (C=O) groups excluding carboxylic acids is 2. The average molecular weight is 615 g/mol. The zero-order valence-corrected chi connectivity index (χ0v) is 24.2. The van der Waals surface area contributed by atoms with Crippen molar-refractivity contribution in [2.45, 2.75) is 9.79 Å². The molecule has 0 aromatic heterocycles. The van der Waals surface area contributed by atoms with Crippen LogP contribution in [0.2, 0.25) is 0 Å². The van der Waals surface area contributed by atoms with E-state index in [4.69, 9.17) is 9.47 Å². The lowest BCUT2D eigenvalue weighted by Crippen LogP contribution is -2.40. The summed E-state index contributed by atoms with van der Waals surface area (Å²) in [6.45, 7) is 2.40. The van der Waals surface area contributed by atoms with Crippen LogP contribution in [0.3, 0.4) is 0 Å². The summed E-state index contributed by atoms with van der Waals surface area (Å²) in [6.07, 6.45) is 0. The van der Waals surface area contributed by atoms with Gasteiger partial charge < -0.3 is 20.1 Å². The molecule has 0 spiro atoms. The van der Waals surface area contributed by atoms with Gasteiger partial charge in [0.2, 0.25) is 20.0 Å². The first-order valence-electron chi connectivity index (χ1n) is 13.2. The van der Waals surface area contributed by atoms with Gasteiger partial charge in [0.05, 0.1) is 47.6 Å². The van der Waals surface area contributed by atoms with E-state index in [0.717, 1.165) is 0 Å². The van der Waals surface area contributed by atoms with Crippen LogP contribution in [0.1, 0.15) is 20.7 Å². The maximum atomic E-state index is 13.0. The summed E-state index contributed by atoms with van der Waals surface area (Å²) in [5, 5.41) is 5.49. The number of amides is 2. The van der Waals surface area contributed by atoms with Crippen molar-refractivity contribution in [3.05, 3.63) is 83.9 Å². The molecule has 2 aliphatic rings. The molecule has 2 saturated heterocycles. The van der Waals surface area contributed by atoms with Crippen molar-refractivity contribution < 1.29 is 35.9 Å². The van der Waals surface area contributed by atoms with Gasteiger partial charge in [0.25, 0.3) is 11.8 Å². The molecule has 0 bridgehead atoms. The fourth-order valence-corrected chi connectivity index (χ4v) is 7.33. The lowest BCUT2D eigenvalue weighted by molar-refractivity contribution is 0.0730. The van der Waals surface area contributed by atoms with Crippen molar-refractivity contribution in [1.29, 1.82) is 0 Å². The summed E-state index contributed by atoms with van der Waals surface area (Å²) in [5.74, 6) is -0.991. The van der Waals surface area contributed by atoms with Gasteiger partial charge in [-0.05, 0) is 60.7 Å². The van der Waals surface area contributed by atoms with Crippen LogP contribution < -0.4 is 10.6 Å². The lowest BCUT2D eigenvalue weighted by atomic mass is 10.2. The highest BCUT2D eigenvalue weighted by molar-refractivity contribution is 7.89. The SMILES string of the molecule is O=C(Nc1ccccc1NC(=O)c1ccc(S(=O)(=O)N2CCOCC2)cc1)c1ccc(S(=O)(=O)N2CCOCC2)cc1. The van der Waals surface area contributed by atoms with Gasteiger partial charge in [-0.2, -0.15) is 8.61 Å². The Kier molecular flexibility index (Phi) is 9.01. The predicted octanol–water partition coefficient (Wildman–Crippen LogP) is 2.23. The van der Waals surface area contributed by atoms with E-state index < -0.39 is 31.9 Å². The number of carbonyl (C=O) groups is 2. The van der Waals surface area contributed by atoms with E-state index in [-0.39, 0.29) is 47.1 Å². The summed E-state index contributed by atoms with van der Waals surface area (Å²) in [6, 6.07) is 17.9. The van der Waals surface area contributed by atoms with Gasteiger partial charge in [0.15, 0.2) is 0 Å². The number of nitrogens with zero attached hydrogens (tertiary/aromatic N) is 2. The number of morpholine rings is 2. The van der Waals surface area contributed by atoms with Crippen molar-refractivity contribution in [2.75, 3.05) is 63.2 Å². The standard InChI is InChI=1S/C28H30N4O8S2/c33-27(21-5-9-23(10-6-21)41(35,36)31-13-17-39-18-14-31)29-25-3-1-2-4-26(25)30-28(34)22-7-11-24(12-8-22)42(37,38)32-15-19-40-20-16-32/h1-12H,13-20H2,(H,29,33)(H,30,34). The maximum Gasteiger partial charge on any atom is 0.255 e. The third kappa shape index (κ3) is 6.53. The summed E-state index contributed by atoms with van der Waals surface area (Å²) >= 11 is 0. The van der Waals surface area contributed by atoms with Gasteiger partial charge >= 0.3 is 0 Å². The van der Waals surface area contributed by atoms with Crippen molar-refractivity contribution in [2.24, 2.45) is 0 Å². The molecule has 2 aliphatic heterocycles. The van der Waals surface area contributed by atoms with E-state index in [2.05, 4.69) is 10.6 Å². The molecule has 2 amide bonds. The van der Waals surface area contributed by atoms with Crippen LogP contribution >= 0.6 is 0 Å². The van der Waals surface area contributed by atoms with Crippen LogP contribution in [-0.4, -0.2) is 89.9 Å². The monoisotopic (exact) mass is 614 g/mol. The Morgan fingerprint density at radius 1 is 0.548 bits per heavy atom. The molecule has 0 radical (unpaired) electrons. The third-order valence-corrected chi connectivity index (χ3v) is 10.7. The molecule has 12 nitrogen and oxygen atoms in total. The van der Waals surface area contributed by atoms with E-state index in [9.17, 15) is 26.4 Å². The number of rotatable bonds is 8. The number of para-hydroxylation sites is 2. The molecular formula is C28H30N4O8S2. The van der Waals surface area contributed by atoms with E-state index in [1.165, 1.54) is 57.1 Å². The van der Waals surface area contributed by atoms with Gasteiger partial charge in [0, 0.05) is 37.3 Å². The van der Waals surface area contributed by atoms with Gasteiger partial charge in [-0.25, -0.2) is 16.8 Å². The lowest BCUT2D eigenvalue weighted by Gasteiger charge is -2.26. The summed E-state index contributed by atoms with van der Waals surface area (Å²) in [7, 11) is -7.39. The Hall–Kier alpha value is -3.66. The molecular weight excluding hydrogens is 584 g/mol. The largest absolute Gasteiger partial charge is 0.379 e. The van der Waals surface area contributed by atoms with Crippen LogP contribution in [0.25, 0.3) is 0 Å². The number of anilines is 2. The molecule has 0 aliphatic carbocycles. The Morgan fingerprint density at radius 3 is 1.21 bits per heavy atom. The number of hydrogen-bond acceptors (Lipinski definition) is 8. The number of hydrogen-bond donors (Lipinski definition) is 2. The van der Waals surface area contributed by atoms with Gasteiger partial charge in [-0.3, -0.25) is 9.59 Å². The minimum atomic E-state index is -3.69. The van der Waals surface area contributed by atoms with E-state index >= 15 is 0 Å². The van der Waals surface area contributed by atoms with Crippen molar-refractivity contribution in [1.82, 2.24) is 8.61 Å². The Bertz CT molecular complexity index is 1520. The van der Waals surface area contributed by atoms with Gasteiger partial charge in [-0.1, -0.05) is 12.1 Å². The topological polar surface area (TPSA) is 151 Å². The van der Waals surface area contributed by atoms with Crippen LogP contribution in [0, 0.1) is 0 Å². The zero-order valence-electron chi connectivity index (χ0n) is 22.6. The van der Waals surface area contributed by atoms with E-state index in [0.29, 0.717) is 37.8 Å². The number of ether oxygens (including phenoxy) is 2. The molecule has 0 atom stereocenters. The van der Waals surface area contributed by atoms with Gasteiger partial charge in [-0.15, -0.1) is 0 Å². The fourth-order valence-electron chi connectivity index (χ4n) is 4.52. The Labute approximate surface area is 244 Å². The summed E-state index contributed by atoms with van der Waals surface area (Å²) in [4.78, 5) is 26.1. The quantitative estimate of drug-likeness (QED) is 0.392. The molecule has 3 aromatic carbocycles. The smallest absolute Gasteiger partial charge is 0.255 e. The molecule has 42 heavy (non-hydrogen) atoms. The van der Waals surface area contributed by atoms with Crippen molar-refractivity contribution in [3.8, 4) is 0 Å². The number of benzene rings is 3. The highest BCUT2D eigenvalue weighted by Gasteiger charge is 2.27. The second kappa shape index (κ2) is 12.7. The van der Waals surface area contributed by atoms with Crippen LogP contribution in [-0.2, 0) is 29.5 Å². The molecule has 5 rings (SSSR count). The van der Waals surface area contributed by atoms with Crippen LogP contribution in [0.4, 0.5) is 11.4 Å². The number of sulfonamides is 2. The highest BCUT2D eigenvalue weighted by Crippen LogP contribution is 2.24. The normalized spacial score (nSPS) is 17.0. The van der Waals surface area contributed by atoms with Crippen molar-refractivity contribution >= 4 is 43.2 Å². The molecule has 222 valence electrons. The zero-order chi connectivity index (χ0) is 29.7. The molecule has 2 fully saturated rings. The summed E-state index contributed by atoms with van der Waals surface area (Å²) in [5.41, 5.74) is 1.11. The summed E-state index contributed by atoms with van der Waals surface area (Å²) < 4.78 is 64.6. The van der Waals surface area contributed by atoms with Gasteiger partial charge in [0.1, 0.15) is 0 Å². The third-order valence-electron chi connectivity index (χ3n) is 6.87. The first-order chi connectivity index (χ1) is 20.2. The molecule has 3 aromatic rings. The molecule has 0 saturated carbocycles. The predicted molar refractivity (Wildman–Crippen MR) is 154 cm³/mol. The first kappa shape index (κ1) is 29.8. The Morgan fingerprint density at radius 2 is 0.881 bits per heavy atom. The second-order valence-corrected chi connectivity index (χ2v) is 13.4. The Balaban J connectivity index is 1.25. The van der Waals surface area contributed by atoms with E-state index in [1.54, 1.807) is 24.3 Å². The molecule has 14 heteroatoms. The van der Waals surface area contributed by atoms with E-state index in [1.807, 2.05) is 0 Å².